The van der Waals surface area contributed by atoms with Crippen LogP contribution in [0, 0.1) is 0 Å². The summed E-state index contributed by atoms with van der Waals surface area (Å²) in [7, 11) is 0. The number of hydrogen-bond donors (Lipinski definition) is 0. The fourth-order valence-corrected chi connectivity index (χ4v) is 3.01. The molecular weight excluding hydrogens is 332 g/mol. The zero-order valence-corrected chi connectivity index (χ0v) is 16.0. The Morgan fingerprint density at radius 3 is 1.78 bits per heavy atom. The minimum atomic E-state index is -0.407. The standard InChI is InChI=1S/C25H24O2/c1-18(2)24(26)27-23-16-12-20(13-17-23)19-10-14-22(15-11-19)25(3,4)21-8-6-5-7-9-21/h5-17H,1H2,2-4H3. The molecule has 2 heteroatoms. The van der Waals surface area contributed by atoms with Crippen LogP contribution in [-0.2, 0) is 10.2 Å². The van der Waals surface area contributed by atoms with Crippen molar-refractivity contribution in [3.63, 3.8) is 0 Å². The summed E-state index contributed by atoms with van der Waals surface area (Å²) in [4.78, 5) is 11.6. The van der Waals surface area contributed by atoms with Crippen LogP contribution < -0.4 is 4.74 Å². The lowest BCUT2D eigenvalue weighted by Gasteiger charge is -2.26. The van der Waals surface area contributed by atoms with Crippen LogP contribution in [0.1, 0.15) is 31.9 Å². The minimum Gasteiger partial charge on any atom is -0.423 e. The van der Waals surface area contributed by atoms with E-state index in [1.807, 2.05) is 18.2 Å². The highest BCUT2D eigenvalue weighted by Crippen LogP contribution is 2.33. The average molecular weight is 356 g/mol. The molecule has 0 N–H and O–H groups in total. The highest BCUT2D eigenvalue weighted by atomic mass is 16.5. The Kier molecular flexibility index (Phi) is 5.27. The highest BCUT2D eigenvalue weighted by Gasteiger charge is 2.22. The van der Waals surface area contributed by atoms with Gasteiger partial charge in [-0.25, -0.2) is 4.79 Å². The van der Waals surface area contributed by atoms with Gasteiger partial charge in [-0.3, -0.25) is 0 Å². The lowest BCUT2D eigenvalue weighted by Crippen LogP contribution is -2.18. The van der Waals surface area contributed by atoms with Crippen molar-refractivity contribution in [1.29, 1.82) is 0 Å². The van der Waals surface area contributed by atoms with Gasteiger partial charge in [0.2, 0.25) is 0 Å². The summed E-state index contributed by atoms with van der Waals surface area (Å²) in [6.07, 6.45) is 0. The van der Waals surface area contributed by atoms with Gasteiger partial charge in [0, 0.05) is 11.0 Å². The van der Waals surface area contributed by atoms with Crippen LogP contribution in [-0.4, -0.2) is 5.97 Å². The van der Waals surface area contributed by atoms with Gasteiger partial charge in [0.25, 0.3) is 0 Å². The van der Waals surface area contributed by atoms with Gasteiger partial charge >= 0.3 is 5.97 Å². The van der Waals surface area contributed by atoms with Crippen molar-refractivity contribution in [3.8, 4) is 16.9 Å². The lowest BCUT2D eigenvalue weighted by molar-refractivity contribution is -0.130. The average Bonchev–Trinajstić information content (AvgIpc) is 2.69. The van der Waals surface area contributed by atoms with Crippen molar-refractivity contribution < 1.29 is 9.53 Å². The summed E-state index contributed by atoms with van der Waals surface area (Å²) >= 11 is 0. The van der Waals surface area contributed by atoms with Crippen molar-refractivity contribution in [1.82, 2.24) is 0 Å². The van der Waals surface area contributed by atoms with Crippen molar-refractivity contribution in [2.45, 2.75) is 26.2 Å². The van der Waals surface area contributed by atoms with E-state index in [1.54, 1.807) is 19.1 Å². The van der Waals surface area contributed by atoms with Crippen molar-refractivity contribution in [2.24, 2.45) is 0 Å². The van der Waals surface area contributed by atoms with Crippen LogP contribution in [0.4, 0.5) is 0 Å². The molecule has 0 unspecified atom stereocenters. The summed E-state index contributed by atoms with van der Waals surface area (Å²) in [6, 6.07) is 26.7. The second kappa shape index (κ2) is 7.63. The number of carbonyl (C=O) groups is 1. The molecule has 27 heavy (non-hydrogen) atoms. The molecule has 136 valence electrons. The van der Waals surface area contributed by atoms with Gasteiger partial charge in [-0.1, -0.05) is 87.2 Å². The van der Waals surface area contributed by atoms with E-state index in [4.69, 9.17) is 4.74 Å². The molecule has 0 saturated heterocycles. The molecule has 3 rings (SSSR count). The third-order valence-electron chi connectivity index (χ3n) is 4.85. The van der Waals surface area contributed by atoms with Crippen LogP contribution in [0.3, 0.4) is 0 Å². The molecular formula is C25H24O2. The van der Waals surface area contributed by atoms with Gasteiger partial charge in [-0.15, -0.1) is 0 Å². The fraction of sp³-hybridized carbons (Fsp3) is 0.160. The molecule has 0 radical (unpaired) electrons. The van der Waals surface area contributed by atoms with E-state index in [2.05, 4.69) is 69.0 Å². The third kappa shape index (κ3) is 4.17. The number of esters is 1. The molecule has 0 aromatic heterocycles. The number of hydrogen-bond acceptors (Lipinski definition) is 2. The van der Waals surface area contributed by atoms with Crippen LogP contribution in [0.25, 0.3) is 11.1 Å². The Balaban J connectivity index is 1.79. The van der Waals surface area contributed by atoms with E-state index >= 15 is 0 Å². The first-order valence-corrected chi connectivity index (χ1v) is 9.02. The number of benzene rings is 3. The smallest absolute Gasteiger partial charge is 0.338 e. The van der Waals surface area contributed by atoms with Gasteiger partial charge in [-0.2, -0.15) is 0 Å². The predicted molar refractivity (Wildman–Crippen MR) is 111 cm³/mol. The van der Waals surface area contributed by atoms with E-state index < -0.39 is 5.97 Å². The van der Waals surface area contributed by atoms with Crippen LogP contribution in [0.15, 0.2) is 91.0 Å². The third-order valence-corrected chi connectivity index (χ3v) is 4.85. The molecule has 0 fully saturated rings. The SMILES string of the molecule is C=C(C)C(=O)Oc1ccc(-c2ccc(C(C)(C)c3ccccc3)cc2)cc1. The molecule has 0 saturated carbocycles. The van der Waals surface area contributed by atoms with Gasteiger partial charge in [0.1, 0.15) is 5.75 Å². The minimum absolute atomic E-state index is 0.0552. The Morgan fingerprint density at radius 1 is 0.778 bits per heavy atom. The Morgan fingerprint density at radius 2 is 1.26 bits per heavy atom. The Bertz CT molecular complexity index is 934. The van der Waals surface area contributed by atoms with Crippen LogP contribution >= 0.6 is 0 Å². The molecule has 0 heterocycles. The van der Waals surface area contributed by atoms with Crippen LogP contribution in [0.5, 0.6) is 5.75 Å². The first-order chi connectivity index (χ1) is 12.9. The lowest BCUT2D eigenvalue weighted by atomic mass is 9.78. The van der Waals surface area contributed by atoms with Crippen molar-refractivity contribution in [3.05, 3.63) is 102 Å². The Labute approximate surface area is 161 Å². The first kappa shape index (κ1) is 18.7. The summed E-state index contributed by atoms with van der Waals surface area (Å²) in [6.45, 7) is 9.70. The number of rotatable bonds is 5. The molecule has 0 aliphatic heterocycles. The van der Waals surface area contributed by atoms with E-state index in [0.29, 0.717) is 11.3 Å². The summed E-state index contributed by atoms with van der Waals surface area (Å²) in [5.41, 5.74) is 5.09. The monoisotopic (exact) mass is 356 g/mol. The van der Waals surface area contributed by atoms with Gasteiger partial charge < -0.3 is 4.74 Å². The molecule has 3 aromatic carbocycles. The topological polar surface area (TPSA) is 26.3 Å². The maximum absolute atomic E-state index is 11.6. The second-order valence-electron chi connectivity index (χ2n) is 7.26. The number of carbonyl (C=O) groups excluding carboxylic acids is 1. The largest absolute Gasteiger partial charge is 0.423 e. The Hall–Kier alpha value is -3.13. The normalized spacial score (nSPS) is 11.1. The van der Waals surface area contributed by atoms with E-state index in [1.165, 1.54) is 11.1 Å². The number of ether oxygens (including phenoxy) is 1. The highest BCUT2D eigenvalue weighted by molar-refractivity contribution is 5.88. The molecule has 0 aliphatic carbocycles. The zero-order valence-electron chi connectivity index (χ0n) is 16.0. The van der Waals surface area contributed by atoms with E-state index in [-0.39, 0.29) is 5.41 Å². The van der Waals surface area contributed by atoms with E-state index in [0.717, 1.165) is 11.1 Å². The fourth-order valence-electron chi connectivity index (χ4n) is 3.01. The second-order valence-corrected chi connectivity index (χ2v) is 7.26. The van der Waals surface area contributed by atoms with Crippen LogP contribution in [0.2, 0.25) is 0 Å². The summed E-state index contributed by atoms with van der Waals surface area (Å²) in [5, 5.41) is 0. The van der Waals surface area contributed by atoms with Gasteiger partial charge in [-0.05, 0) is 41.3 Å². The summed E-state index contributed by atoms with van der Waals surface area (Å²) in [5.74, 6) is 0.115. The molecule has 0 spiro atoms. The van der Waals surface area contributed by atoms with Gasteiger partial charge in [0.15, 0.2) is 0 Å². The molecule has 0 amide bonds. The maximum atomic E-state index is 11.6. The zero-order chi connectivity index (χ0) is 19.4. The molecule has 3 aromatic rings. The van der Waals surface area contributed by atoms with E-state index in [9.17, 15) is 4.79 Å². The quantitative estimate of drug-likeness (QED) is 0.311. The predicted octanol–water partition coefficient (Wildman–Crippen LogP) is 6.16. The first-order valence-electron chi connectivity index (χ1n) is 9.02. The summed E-state index contributed by atoms with van der Waals surface area (Å²) < 4.78 is 5.24. The molecule has 0 bridgehead atoms. The van der Waals surface area contributed by atoms with Crippen molar-refractivity contribution in [2.75, 3.05) is 0 Å². The molecule has 0 atom stereocenters. The molecule has 2 nitrogen and oxygen atoms in total. The van der Waals surface area contributed by atoms with Crippen molar-refractivity contribution >= 4 is 5.97 Å². The maximum Gasteiger partial charge on any atom is 0.338 e. The molecule has 0 aliphatic rings. The van der Waals surface area contributed by atoms with Gasteiger partial charge in [0.05, 0.1) is 0 Å².